The number of ether oxygens (including phenoxy) is 2. The smallest absolute Gasteiger partial charge is 0.333 e. The minimum atomic E-state index is -1.37. The van der Waals surface area contributed by atoms with Crippen molar-refractivity contribution in [2.75, 3.05) is 14.2 Å². The van der Waals surface area contributed by atoms with Gasteiger partial charge in [0.15, 0.2) is 0 Å². The first kappa shape index (κ1) is 16.0. The van der Waals surface area contributed by atoms with E-state index in [1.165, 1.54) is 32.1 Å². The molecule has 0 fully saturated rings. The molecule has 5 heteroatoms. The van der Waals surface area contributed by atoms with Crippen LogP contribution in [-0.2, 0) is 19.1 Å². The molecule has 0 rings (SSSR count). The van der Waals surface area contributed by atoms with E-state index in [1.54, 1.807) is 0 Å². The van der Waals surface area contributed by atoms with Gasteiger partial charge in [-0.3, -0.25) is 0 Å². The molecule has 0 aliphatic carbocycles. The molecule has 0 aromatic rings. The number of carbonyl (C=O) groups excluding carboxylic acids is 2. The largest absolute Gasteiger partial charge is 0.468 e. The molecule has 0 atom stereocenters. The van der Waals surface area contributed by atoms with Gasteiger partial charge >= 0.3 is 11.9 Å². The summed E-state index contributed by atoms with van der Waals surface area (Å²) in [6.45, 7) is 9.33. The van der Waals surface area contributed by atoms with Crippen molar-refractivity contribution in [2.24, 2.45) is 0 Å². The Morgan fingerprint density at radius 1 is 1.18 bits per heavy atom. The van der Waals surface area contributed by atoms with E-state index in [1.807, 2.05) is 20.8 Å². The normalized spacial score (nSPS) is 11.8. The van der Waals surface area contributed by atoms with Gasteiger partial charge in [-0.2, -0.15) is 0 Å². The van der Waals surface area contributed by atoms with E-state index in [-0.39, 0.29) is 11.2 Å². The van der Waals surface area contributed by atoms with Gasteiger partial charge in [0.25, 0.3) is 0 Å². The van der Waals surface area contributed by atoms with E-state index in [4.69, 9.17) is 9.47 Å². The fraction of sp³-hybridized carbons (Fsp3) is 0.667. The van der Waals surface area contributed by atoms with Crippen molar-refractivity contribution < 1.29 is 19.1 Å². The number of carbonyl (C=O) groups is 2. The third-order valence-electron chi connectivity index (χ3n) is 1.94. The SMILES string of the molecule is C=CCC(SC(C)(C)C)(C(=O)OC)C(=O)OC. The van der Waals surface area contributed by atoms with Crippen LogP contribution >= 0.6 is 11.8 Å². The zero-order valence-corrected chi connectivity index (χ0v) is 11.8. The highest BCUT2D eigenvalue weighted by atomic mass is 32.2. The topological polar surface area (TPSA) is 52.6 Å². The van der Waals surface area contributed by atoms with Gasteiger partial charge in [-0.25, -0.2) is 9.59 Å². The lowest BCUT2D eigenvalue weighted by molar-refractivity contribution is -0.155. The van der Waals surface area contributed by atoms with E-state index < -0.39 is 16.7 Å². The molecule has 0 aromatic carbocycles. The molecule has 0 bridgehead atoms. The maximum absolute atomic E-state index is 11.9. The first-order chi connectivity index (χ1) is 7.73. The maximum Gasteiger partial charge on any atom is 0.333 e. The lowest BCUT2D eigenvalue weighted by Gasteiger charge is -2.32. The summed E-state index contributed by atoms with van der Waals surface area (Å²) in [5.74, 6) is -1.21. The van der Waals surface area contributed by atoms with Gasteiger partial charge in [0, 0.05) is 11.2 Å². The minimum absolute atomic E-state index is 0.175. The van der Waals surface area contributed by atoms with Crippen LogP contribution in [0.1, 0.15) is 27.2 Å². The molecule has 0 N–H and O–H groups in total. The van der Waals surface area contributed by atoms with E-state index in [9.17, 15) is 9.59 Å². The van der Waals surface area contributed by atoms with Crippen LogP contribution in [0.25, 0.3) is 0 Å². The number of methoxy groups -OCH3 is 2. The molecule has 0 aromatic heterocycles. The van der Waals surface area contributed by atoms with Crippen LogP contribution < -0.4 is 0 Å². The molecular formula is C12H20O4S. The Morgan fingerprint density at radius 2 is 1.59 bits per heavy atom. The molecule has 0 unspecified atom stereocenters. The molecule has 0 aliphatic heterocycles. The van der Waals surface area contributed by atoms with Crippen molar-refractivity contribution in [3.05, 3.63) is 12.7 Å². The van der Waals surface area contributed by atoms with Crippen molar-refractivity contribution in [2.45, 2.75) is 36.7 Å². The Balaban J connectivity index is 5.47. The third-order valence-corrected chi connectivity index (χ3v) is 3.40. The van der Waals surface area contributed by atoms with Gasteiger partial charge in [-0.15, -0.1) is 18.3 Å². The highest BCUT2D eigenvalue weighted by molar-refractivity contribution is 8.03. The third kappa shape index (κ3) is 4.07. The zero-order chi connectivity index (χ0) is 13.7. The predicted octanol–water partition coefficient (Wildman–Crippen LogP) is 2.18. The summed E-state index contributed by atoms with van der Waals surface area (Å²) >= 11 is 1.22. The lowest BCUT2D eigenvalue weighted by Crippen LogP contribution is -2.47. The van der Waals surface area contributed by atoms with Crippen LogP contribution in [0.5, 0.6) is 0 Å². The highest BCUT2D eigenvalue weighted by Gasteiger charge is 2.50. The number of hydrogen-bond acceptors (Lipinski definition) is 5. The second-order valence-electron chi connectivity index (χ2n) is 4.52. The van der Waals surface area contributed by atoms with Crippen LogP contribution in [0.15, 0.2) is 12.7 Å². The second kappa shape index (κ2) is 6.10. The van der Waals surface area contributed by atoms with E-state index in [0.717, 1.165) is 0 Å². The molecule has 0 amide bonds. The Kier molecular flexibility index (Phi) is 5.75. The Labute approximate surface area is 107 Å². The fourth-order valence-electron chi connectivity index (χ4n) is 1.43. The van der Waals surface area contributed by atoms with Gasteiger partial charge in [0.05, 0.1) is 14.2 Å². The summed E-state index contributed by atoms with van der Waals surface area (Å²) in [7, 11) is 2.51. The molecular weight excluding hydrogens is 240 g/mol. The summed E-state index contributed by atoms with van der Waals surface area (Å²) in [5, 5.41) is 0. The van der Waals surface area contributed by atoms with Gasteiger partial charge in [-0.05, 0) is 0 Å². The minimum Gasteiger partial charge on any atom is -0.468 e. The summed E-state index contributed by atoms with van der Waals surface area (Å²) in [6, 6.07) is 0. The van der Waals surface area contributed by atoms with Crippen LogP contribution in [0, 0.1) is 0 Å². The van der Waals surface area contributed by atoms with Crippen LogP contribution in [-0.4, -0.2) is 35.7 Å². The molecule has 0 aliphatic rings. The van der Waals surface area contributed by atoms with Gasteiger partial charge in [-0.1, -0.05) is 26.8 Å². The molecule has 0 saturated carbocycles. The summed E-state index contributed by atoms with van der Waals surface area (Å²) < 4.78 is 7.80. The number of esters is 2. The number of thioether (sulfide) groups is 1. The standard InChI is InChI=1S/C12H20O4S/c1-7-8-12(9(13)15-5,10(14)16-6)17-11(2,3)4/h7H,1,8H2,2-6H3. The Hall–Kier alpha value is -0.970. The molecule has 98 valence electrons. The first-order valence-electron chi connectivity index (χ1n) is 5.21. The second-order valence-corrected chi connectivity index (χ2v) is 6.64. The average molecular weight is 260 g/mol. The molecule has 0 heterocycles. The van der Waals surface area contributed by atoms with Crippen molar-refractivity contribution in [3.8, 4) is 0 Å². The number of hydrogen-bond donors (Lipinski definition) is 0. The summed E-state index contributed by atoms with van der Waals surface area (Å²) in [5.41, 5.74) is 0. The van der Waals surface area contributed by atoms with Crippen molar-refractivity contribution in [1.82, 2.24) is 0 Å². The van der Waals surface area contributed by atoms with Gasteiger partial charge < -0.3 is 9.47 Å². The van der Waals surface area contributed by atoms with Crippen molar-refractivity contribution in [1.29, 1.82) is 0 Å². The quantitative estimate of drug-likeness (QED) is 0.431. The monoisotopic (exact) mass is 260 g/mol. The molecule has 4 nitrogen and oxygen atoms in total. The van der Waals surface area contributed by atoms with Crippen molar-refractivity contribution >= 4 is 23.7 Å². The van der Waals surface area contributed by atoms with E-state index >= 15 is 0 Å². The zero-order valence-electron chi connectivity index (χ0n) is 11.0. The first-order valence-corrected chi connectivity index (χ1v) is 6.03. The number of allylic oxidation sites excluding steroid dienone is 1. The fourth-order valence-corrected chi connectivity index (χ4v) is 3.01. The molecule has 0 radical (unpaired) electrons. The Morgan fingerprint density at radius 3 is 1.82 bits per heavy atom. The summed E-state index contributed by atoms with van der Waals surface area (Å²) in [4.78, 5) is 23.8. The van der Waals surface area contributed by atoms with Crippen LogP contribution in [0.3, 0.4) is 0 Å². The van der Waals surface area contributed by atoms with E-state index in [2.05, 4.69) is 6.58 Å². The predicted molar refractivity (Wildman–Crippen MR) is 68.9 cm³/mol. The Bertz CT molecular complexity index is 288. The molecule has 17 heavy (non-hydrogen) atoms. The van der Waals surface area contributed by atoms with Gasteiger partial charge in [0.1, 0.15) is 0 Å². The number of rotatable bonds is 5. The molecule has 0 spiro atoms. The molecule has 0 saturated heterocycles. The van der Waals surface area contributed by atoms with Crippen molar-refractivity contribution in [3.63, 3.8) is 0 Å². The van der Waals surface area contributed by atoms with Gasteiger partial charge in [0.2, 0.25) is 4.75 Å². The van der Waals surface area contributed by atoms with Crippen LogP contribution in [0.2, 0.25) is 0 Å². The van der Waals surface area contributed by atoms with Crippen LogP contribution in [0.4, 0.5) is 0 Å². The lowest BCUT2D eigenvalue weighted by atomic mass is 10.1. The average Bonchev–Trinajstić information content (AvgIpc) is 2.24. The maximum atomic E-state index is 11.9. The highest BCUT2D eigenvalue weighted by Crippen LogP contribution is 2.41. The summed E-state index contributed by atoms with van der Waals surface area (Å²) in [6.07, 6.45) is 1.70. The van der Waals surface area contributed by atoms with E-state index in [0.29, 0.717) is 0 Å².